The molecule has 18 heteroatoms. The highest BCUT2D eigenvalue weighted by Crippen LogP contribution is 2.39. The van der Waals surface area contributed by atoms with Crippen LogP contribution in [-0.2, 0) is 19.2 Å². The molecule has 5 saturated heterocycles. The summed E-state index contributed by atoms with van der Waals surface area (Å²) in [6.07, 6.45) is -5.60. The quantitative estimate of drug-likeness (QED) is 0.148. The van der Waals surface area contributed by atoms with Crippen molar-refractivity contribution in [1.29, 1.82) is 0 Å². The van der Waals surface area contributed by atoms with E-state index in [1.165, 1.54) is 0 Å². The number of piperidine rings is 1. The monoisotopic (exact) mass is 705 g/mol. The fourth-order valence-electron chi connectivity index (χ4n) is 8.46. The van der Waals surface area contributed by atoms with Crippen LogP contribution in [-0.4, -0.2) is 161 Å². The first-order chi connectivity index (χ1) is 22.8. The van der Waals surface area contributed by atoms with Crippen LogP contribution < -0.4 is 31.9 Å². The number of aliphatic hydroxyl groups excluding tert-OH is 1. The van der Waals surface area contributed by atoms with Crippen molar-refractivity contribution in [1.82, 2.24) is 46.6 Å². The molecular formula is C30H47ClF3N9O5. The maximum atomic E-state index is 14.3. The summed E-state index contributed by atoms with van der Waals surface area (Å²) in [5.41, 5.74) is 0. The fourth-order valence-corrected chi connectivity index (χ4v) is 8.86. The van der Waals surface area contributed by atoms with Crippen LogP contribution in [0.3, 0.4) is 0 Å². The molecule has 5 aliphatic heterocycles. The lowest BCUT2D eigenvalue weighted by molar-refractivity contribution is -0.182. The number of hydrogen-bond acceptors (Lipinski definition) is 11. The summed E-state index contributed by atoms with van der Waals surface area (Å²) in [7, 11) is 0. The summed E-state index contributed by atoms with van der Waals surface area (Å²) in [4.78, 5) is 59.5. The number of ketones is 1. The number of likely N-dealkylation sites (tertiary alicyclic amines) is 1. The molecular weight excluding hydrogens is 659 g/mol. The van der Waals surface area contributed by atoms with Gasteiger partial charge in [0.1, 0.15) is 12.1 Å². The summed E-state index contributed by atoms with van der Waals surface area (Å²) >= 11 is 6.36. The van der Waals surface area contributed by atoms with E-state index in [0.717, 1.165) is 0 Å². The molecule has 12 atom stereocenters. The Bertz CT molecular complexity index is 1240. The van der Waals surface area contributed by atoms with Crippen molar-refractivity contribution in [2.24, 2.45) is 5.92 Å². The van der Waals surface area contributed by atoms with Crippen LogP contribution in [0.25, 0.3) is 0 Å². The number of carbonyl (C=O) groups excluding carboxylic acids is 4. The number of nitrogens with zero attached hydrogens (tertiary/aromatic N) is 3. The van der Waals surface area contributed by atoms with Crippen LogP contribution in [0.2, 0.25) is 0 Å². The van der Waals surface area contributed by atoms with Gasteiger partial charge >= 0.3 is 6.18 Å². The number of hydrogen-bond donors (Lipinski definition) is 7. The van der Waals surface area contributed by atoms with Crippen molar-refractivity contribution >= 4 is 35.1 Å². The molecule has 6 rings (SSSR count). The van der Waals surface area contributed by atoms with Crippen LogP contribution in [0.5, 0.6) is 0 Å². The van der Waals surface area contributed by atoms with Gasteiger partial charge in [0.2, 0.25) is 17.7 Å². The largest absolute Gasteiger partial charge is 0.391 e. The highest BCUT2D eigenvalue weighted by Gasteiger charge is 2.56. The van der Waals surface area contributed by atoms with E-state index < -0.39 is 71.9 Å². The van der Waals surface area contributed by atoms with Gasteiger partial charge in [0.05, 0.1) is 48.2 Å². The predicted molar refractivity (Wildman–Crippen MR) is 168 cm³/mol. The zero-order chi connectivity index (χ0) is 34.5. The van der Waals surface area contributed by atoms with Crippen molar-refractivity contribution in [3.05, 3.63) is 0 Å². The molecule has 5 heterocycles. The molecule has 48 heavy (non-hydrogen) atoms. The fraction of sp³-hybridized carbons (Fsp3) is 0.867. The number of nitrogens with one attached hydrogen (secondary N) is 6. The van der Waals surface area contributed by atoms with Crippen molar-refractivity contribution in [3.8, 4) is 0 Å². The van der Waals surface area contributed by atoms with Crippen LogP contribution >= 0.6 is 11.6 Å². The van der Waals surface area contributed by atoms with E-state index in [1.54, 1.807) is 4.90 Å². The molecule has 0 aromatic rings. The zero-order valence-corrected chi connectivity index (χ0v) is 27.9. The summed E-state index contributed by atoms with van der Waals surface area (Å²) in [5.74, 6) is -2.42. The zero-order valence-electron chi connectivity index (χ0n) is 27.1. The Morgan fingerprint density at radius 2 is 1.79 bits per heavy atom. The van der Waals surface area contributed by atoms with Crippen molar-refractivity contribution in [3.63, 3.8) is 0 Å². The number of alkyl halides is 4. The lowest BCUT2D eigenvalue weighted by atomic mass is 9.83. The molecule has 6 fully saturated rings. The number of aliphatic hydroxyl groups is 1. The molecule has 7 N–H and O–H groups in total. The average Bonchev–Trinajstić information content (AvgIpc) is 3.42. The van der Waals surface area contributed by atoms with E-state index in [2.05, 4.69) is 31.9 Å². The molecule has 0 radical (unpaired) electrons. The number of fused-ring (bicyclic) bond motifs is 2. The van der Waals surface area contributed by atoms with E-state index in [-0.39, 0.29) is 55.5 Å². The molecule has 14 nitrogen and oxygen atoms in total. The van der Waals surface area contributed by atoms with Crippen LogP contribution in [0, 0.1) is 5.92 Å². The summed E-state index contributed by atoms with van der Waals surface area (Å²) in [5, 5.41) is 28.2. The molecule has 0 aromatic carbocycles. The van der Waals surface area contributed by atoms with Gasteiger partial charge < -0.3 is 20.6 Å². The molecule has 1 aliphatic carbocycles. The van der Waals surface area contributed by atoms with E-state index in [0.29, 0.717) is 45.8 Å². The first kappa shape index (κ1) is 35.7. The second-order valence-electron chi connectivity index (χ2n) is 14.0. The van der Waals surface area contributed by atoms with Crippen LogP contribution in [0.15, 0.2) is 0 Å². The second kappa shape index (κ2) is 14.2. The minimum absolute atomic E-state index is 0.107. The van der Waals surface area contributed by atoms with E-state index in [9.17, 15) is 37.5 Å². The van der Waals surface area contributed by atoms with Gasteiger partial charge in [0.25, 0.3) is 0 Å². The first-order valence-electron chi connectivity index (χ1n) is 17.1. The number of Topliss-reactive ketones (excluding diaryl/α,β-unsaturated/α-hetero) is 1. The SMILES string of the molecule is CCC1C(N2CCN(C(=O)C3NCNC(C)C3O)CC2)C(=O)C2NC3C(=O)NCC3NC2N1CC(=O)NC1CCC(C(F)(F)F)CC1Cl. The van der Waals surface area contributed by atoms with Gasteiger partial charge in [-0.3, -0.25) is 50.2 Å². The van der Waals surface area contributed by atoms with Crippen LogP contribution in [0.1, 0.15) is 39.5 Å². The Balaban J connectivity index is 1.17. The second-order valence-corrected chi connectivity index (χ2v) is 14.6. The highest BCUT2D eigenvalue weighted by atomic mass is 35.5. The Hall–Kier alpha value is -2.12. The van der Waals surface area contributed by atoms with E-state index in [4.69, 9.17) is 11.6 Å². The minimum atomic E-state index is -4.34. The van der Waals surface area contributed by atoms with Crippen molar-refractivity contribution in [2.75, 3.05) is 45.9 Å². The predicted octanol–water partition coefficient (Wildman–Crippen LogP) is -2.36. The summed E-state index contributed by atoms with van der Waals surface area (Å²) in [6, 6.07) is -4.39. The third kappa shape index (κ3) is 6.93. The maximum Gasteiger partial charge on any atom is 0.391 e. The van der Waals surface area contributed by atoms with E-state index >= 15 is 0 Å². The highest BCUT2D eigenvalue weighted by molar-refractivity contribution is 6.21. The number of halogens is 4. The number of piperazine rings is 2. The normalized spacial score (nSPS) is 41.4. The topological polar surface area (TPSA) is 170 Å². The molecule has 3 amide bonds. The lowest BCUT2D eigenvalue weighted by Crippen LogP contribution is -2.81. The summed E-state index contributed by atoms with van der Waals surface area (Å²) < 4.78 is 39.9. The smallest absolute Gasteiger partial charge is 0.389 e. The van der Waals surface area contributed by atoms with Gasteiger partial charge in [-0.15, -0.1) is 11.6 Å². The minimum Gasteiger partial charge on any atom is -0.389 e. The molecule has 0 spiro atoms. The molecule has 12 unspecified atom stereocenters. The Morgan fingerprint density at radius 1 is 1.06 bits per heavy atom. The van der Waals surface area contributed by atoms with E-state index in [1.807, 2.05) is 23.6 Å². The average molecular weight is 706 g/mol. The third-order valence-electron chi connectivity index (χ3n) is 11.2. The first-order valence-corrected chi connectivity index (χ1v) is 17.5. The van der Waals surface area contributed by atoms with Gasteiger partial charge in [0, 0.05) is 57.5 Å². The Morgan fingerprint density at radius 3 is 2.46 bits per heavy atom. The van der Waals surface area contributed by atoms with Gasteiger partial charge in [-0.25, -0.2) is 0 Å². The molecule has 270 valence electrons. The van der Waals surface area contributed by atoms with Gasteiger partial charge in [-0.05, 0) is 32.6 Å². The standard InChI is InChI=1S/C30H47ClF3N9O5/c1-3-19-24(41-6-8-42(9-7-41)29(48)23-25(45)14(2)36-13-37-23)26(46)22-27(39-18-11-35-28(47)21(18)40-22)43(19)12-20(44)38-17-5-4-15(10-16(17)31)30(32,33)34/h14-19,21-25,27,36-37,39-40,45H,3-13H2,1-2H3,(H,35,47)(H,38,44). The van der Waals surface area contributed by atoms with Crippen molar-refractivity contribution in [2.45, 2.75) is 112 Å². The van der Waals surface area contributed by atoms with Gasteiger partial charge in [-0.1, -0.05) is 6.92 Å². The Kier molecular flexibility index (Phi) is 10.6. The lowest BCUT2D eigenvalue weighted by Gasteiger charge is -2.55. The van der Waals surface area contributed by atoms with Gasteiger partial charge in [-0.2, -0.15) is 13.2 Å². The molecule has 0 aromatic heterocycles. The molecule has 1 saturated carbocycles. The van der Waals surface area contributed by atoms with Crippen LogP contribution in [0.4, 0.5) is 13.2 Å². The maximum absolute atomic E-state index is 14.3. The third-order valence-corrected chi connectivity index (χ3v) is 11.7. The van der Waals surface area contributed by atoms with Crippen molar-refractivity contribution < 1.29 is 37.5 Å². The Labute approximate surface area is 282 Å². The number of carbonyl (C=O) groups is 4. The molecule has 0 bridgehead atoms. The number of amides is 3. The van der Waals surface area contributed by atoms with Gasteiger partial charge in [0.15, 0.2) is 5.78 Å². The number of rotatable bonds is 6. The summed E-state index contributed by atoms with van der Waals surface area (Å²) in [6.45, 7) is 5.86. The molecule has 6 aliphatic rings.